The number of pyridine rings is 1. The lowest BCUT2D eigenvalue weighted by molar-refractivity contribution is -0.685. The van der Waals surface area contributed by atoms with Crippen molar-refractivity contribution in [3.05, 3.63) is 70.9 Å². The summed E-state index contributed by atoms with van der Waals surface area (Å²) in [6, 6.07) is 17.8. The maximum absolute atomic E-state index is 6.58. The van der Waals surface area contributed by atoms with Crippen molar-refractivity contribution in [2.75, 3.05) is 14.2 Å². The number of halogens is 1. The van der Waals surface area contributed by atoms with E-state index in [1.54, 1.807) is 14.2 Å². The largest absolute Gasteiger partial charge is 0.496 e. The molecule has 3 aromatic rings. The molecule has 0 radical (unpaired) electrons. The fourth-order valence-corrected chi connectivity index (χ4v) is 3.83. The van der Waals surface area contributed by atoms with Crippen LogP contribution in [0, 0.1) is 0 Å². The average molecular weight is 383 g/mol. The number of ether oxygens (including phenoxy) is 3. The molecule has 0 fully saturated rings. The highest BCUT2D eigenvalue weighted by atomic mass is 35.5. The lowest BCUT2D eigenvalue weighted by Gasteiger charge is -2.21. The Morgan fingerprint density at radius 2 is 1.70 bits per heavy atom. The lowest BCUT2D eigenvalue weighted by atomic mass is 9.95. The molecule has 4 nitrogen and oxygen atoms in total. The van der Waals surface area contributed by atoms with Crippen molar-refractivity contribution >= 4 is 11.6 Å². The molecule has 0 saturated carbocycles. The van der Waals surface area contributed by atoms with Crippen LogP contribution in [0.15, 0.2) is 54.6 Å². The molecule has 0 saturated heterocycles. The summed E-state index contributed by atoms with van der Waals surface area (Å²) in [5.74, 6) is 2.40. The average Bonchev–Trinajstić information content (AvgIpc) is 2.72. The third-order valence-electron chi connectivity index (χ3n) is 4.85. The second-order valence-electron chi connectivity index (χ2n) is 6.40. The summed E-state index contributed by atoms with van der Waals surface area (Å²) in [6.45, 7) is 1.27. The van der Waals surface area contributed by atoms with E-state index in [9.17, 15) is 0 Å². The van der Waals surface area contributed by atoms with Crippen LogP contribution >= 0.6 is 11.6 Å². The van der Waals surface area contributed by atoms with E-state index in [-0.39, 0.29) is 0 Å². The highest BCUT2D eigenvalue weighted by molar-refractivity contribution is 6.28. The normalized spacial score (nSPS) is 12.1. The van der Waals surface area contributed by atoms with Crippen LogP contribution in [-0.2, 0) is 19.6 Å². The Bertz CT molecular complexity index is 973. The molecule has 27 heavy (non-hydrogen) atoms. The van der Waals surface area contributed by atoms with E-state index >= 15 is 0 Å². The third kappa shape index (κ3) is 3.33. The van der Waals surface area contributed by atoms with E-state index in [0.717, 1.165) is 52.6 Å². The molecule has 2 heterocycles. The van der Waals surface area contributed by atoms with Crippen molar-refractivity contribution in [3.63, 3.8) is 0 Å². The summed E-state index contributed by atoms with van der Waals surface area (Å²) >= 11 is 6.58. The molecule has 0 spiro atoms. The van der Waals surface area contributed by atoms with E-state index in [4.69, 9.17) is 25.8 Å². The van der Waals surface area contributed by atoms with Gasteiger partial charge in [-0.25, -0.2) is 0 Å². The highest BCUT2D eigenvalue weighted by Crippen LogP contribution is 2.41. The third-order valence-corrected chi connectivity index (χ3v) is 5.16. The first-order valence-corrected chi connectivity index (χ1v) is 9.23. The van der Waals surface area contributed by atoms with Crippen LogP contribution in [0.3, 0.4) is 0 Å². The van der Waals surface area contributed by atoms with E-state index in [1.807, 2.05) is 54.6 Å². The number of hydrogen-bond donors (Lipinski definition) is 0. The monoisotopic (exact) mass is 382 g/mol. The van der Waals surface area contributed by atoms with Crippen LogP contribution in [0.2, 0.25) is 5.15 Å². The second-order valence-corrected chi connectivity index (χ2v) is 6.79. The maximum atomic E-state index is 6.58. The van der Waals surface area contributed by atoms with Crippen LogP contribution < -0.4 is 18.8 Å². The van der Waals surface area contributed by atoms with Crippen molar-refractivity contribution in [1.82, 2.24) is 0 Å². The zero-order valence-electron chi connectivity index (χ0n) is 15.4. The zero-order valence-corrected chi connectivity index (χ0v) is 16.1. The smallest absolute Gasteiger partial charge is 0.279 e. The molecule has 0 unspecified atom stereocenters. The van der Waals surface area contributed by atoms with Crippen molar-refractivity contribution in [3.8, 4) is 28.5 Å². The van der Waals surface area contributed by atoms with Gasteiger partial charge in [0.15, 0.2) is 6.54 Å². The van der Waals surface area contributed by atoms with Gasteiger partial charge in [-0.2, -0.15) is 4.57 Å². The van der Waals surface area contributed by atoms with Crippen molar-refractivity contribution in [1.29, 1.82) is 0 Å². The van der Waals surface area contributed by atoms with Crippen LogP contribution in [0.4, 0.5) is 0 Å². The highest BCUT2D eigenvalue weighted by Gasteiger charge is 2.31. The first-order valence-electron chi connectivity index (χ1n) is 8.85. The predicted octanol–water partition coefficient (Wildman–Crippen LogP) is 4.45. The van der Waals surface area contributed by atoms with E-state index in [1.165, 1.54) is 0 Å². The number of benzene rings is 2. The summed E-state index contributed by atoms with van der Waals surface area (Å²) in [5, 5.41) is 0.645. The van der Waals surface area contributed by atoms with E-state index in [0.29, 0.717) is 11.8 Å². The molecule has 0 atom stereocenters. The van der Waals surface area contributed by atoms with Gasteiger partial charge in [-0.05, 0) is 29.3 Å². The first-order chi connectivity index (χ1) is 13.2. The lowest BCUT2D eigenvalue weighted by Crippen LogP contribution is -2.41. The molecule has 0 aliphatic carbocycles. The minimum absolute atomic E-state index is 0.489. The molecule has 2 aromatic carbocycles. The molecule has 0 amide bonds. The van der Waals surface area contributed by atoms with Gasteiger partial charge >= 0.3 is 0 Å². The molecule has 138 valence electrons. The minimum Gasteiger partial charge on any atom is -0.496 e. The van der Waals surface area contributed by atoms with E-state index in [2.05, 4.69) is 4.57 Å². The number of nitrogens with zero attached hydrogens (tertiary/aromatic N) is 1. The van der Waals surface area contributed by atoms with Crippen LogP contribution in [-0.4, -0.2) is 14.2 Å². The topological polar surface area (TPSA) is 31.6 Å². The van der Waals surface area contributed by atoms with Crippen molar-refractivity contribution in [2.24, 2.45) is 0 Å². The fraction of sp³-hybridized carbons (Fsp3) is 0.227. The number of aromatic nitrogens is 1. The van der Waals surface area contributed by atoms with Gasteiger partial charge in [0.1, 0.15) is 23.9 Å². The van der Waals surface area contributed by atoms with Gasteiger partial charge < -0.3 is 14.2 Å². The quantitative estimate of drug-likeness (QED) is 0.482. The summed E-state index contributed by atoms with van der Waals surface area (Å²) in [5.41, 5.74) is 4.23. The van der Waals surface area contributed by atoms with Crippen molar-refractivity contribution in [2.45, 2.75) is 19.6 Å². The summed E-state index contributed by atoms with van der Waals surface area (Å²) in [7, 11) is 3.37. The molecule has 1 aliphatic heterocycles. The number of hydrogen-bond acceptors (Lipinski definition) is 3. The van der Waals surface area contributed by atoms with Crippen molar-refractivity contribution < 1.29 is 18.8 Å². The molecular formula is C22H21ClNO3+. The van der Waals surface area contributed by atoms with Gasteiger partial charge in [0.05, 0.1) is 31.9 Å². The Morgan fingerprint density at radius 3 is 2.44 bits per heavy atom. The fourth-order valence-electron chi connectivity index (χ4n) is 3.54. The SMILES string of the molecule is COc1ccc(OC)c2c1CC[n+]1c(Cl)cc(OCc3ccccc3)cc1-2. The molecule has 5 heteroatoms. The molecule has 0 bridgehead atoms. The second kappa shape index (κ2) is 7.49. The Kier molecular flexibility index (Phi) is 4.90. The predicted molar refractivity (Wildman–Crippen MR) is 105 cm³/mol. The zero-order chi connectivity index (χ0) is 18.8. The summed E-state index contributed by atoms with van der Waals surface area (Å²) < 4.78 is 19.3. The Balaban J connectivity index is 1.76. The molecule has 1 aromatic heterocycles. The first kappa shape index (κ1) is 17.7. The molecule has 1 aliphatic rings. The Labute approximate surface area is 163 Å². The van der Waals surface area contributed by atoms with Gasteiger partial charge in [-0.3, -0.25) is 0 Å². The van der Waals surface area contributed by atoms with Crippen LogP contribution in [0.5, 0.6) is 17.2 Å². The Morgan fingerprint density at radius 1 is 0.963 bits per heavy atom. The van der Waals surface area contributed by atoms with E-state index < -0.39 is 0 Å². The minimum atomic E-state index is 0.489. The maximum Gasteiger partial charge on any atom is 0.279 e. The number of rotatable bonds is 5. The summed E-state index contributed by atoms with van der Waals surface area (Å²) in [6.07, 6.45) is 0.831. The van der Waals surface area contributed by atoms with Gasteiger partial charge in [0, 0.05) is 12.0 Å². The van der Waals surface area contributed by atoms with Gasteiger partial charge in [0.25, 0.3) is 5.15 Å². The number of methoxy groups -OCH3 is 2. The van der Waals surface area contributed by atoms with Crippen LogP contribution in [0.1, 0.15) is 11.1 Å². The van der Waals surface area contributed by atoms with Crippen LogP contribution in [0.25, 0.3) is 11.3 Å². The Hall–Kier alpha value is -2.72. The molecule has 4 rings (SSSR count). The standard InChI is InChI=1S/C22H21ClNO3/c1-25-19-8-9-20(26-2)22-17(19)10-11-24-18(22)12-16(13-21(24)23)27-14-15-6-4-3-5-7-15/h3-9,12-13H,10-11,14H2,1-2H3/q+1. The number of fused-ring (bicyclic) bond motifs is 3. The van der Waals surface area contributed by atoms with Gasteiger partial charge in [0.2, 0.25) is 5.69 Å². The molecule has 0 N–H and O–H groups in total. The van der Waals surface area contributed by atoms with Gasteiger partial charge in [-0.1, -0.05) is 30.3 Å². The summed E-state index contributed by atoms with van der Waals surface area (Å²) in [4.78, 5) is 0. The molecular weight excluding hydrogens is 362 g/mol. The van der Waals surface area contributed by atoms with Gasteiger partial charge in [-0.15, -0.1) is 0 Å².